The molecule has 0 atom stereocenters. The number of aromatic nitrogens is 2. The van der Waals surface area contributed by atoms with Crippen LogP contribution in [0, 0.1) is 11.6 Å². The van der Waals surface area contributed by atoms with Crippen molar-refractivity contribution in [2.24, 2.45) is 0 Å². The molecule has 0 radical (unpaired) electrons. The Kier molecular flexibility index (Phi) is 4.98. The van der Waals surface area contributed by atoms with E-state index in [-0.39, 0.29) is 29.3 Å². The van der Waals surface area contributed by atoms with Crippen molar-refractivity contribution in [3.63, 3.8) is 0 Å². The smallest absolute Gasteiger partial charge is 0.270 e. The standard InChI is InChI=1S/C17H18F2N4O/c18-11-6-7-14(13(19)10-11)22-17-20-9-8-15(23-17)16(24)21-12-4-2-1-3-5-12/h6-10,12H,1-5H2,(H,21,24)(H,20,22,23). The van der Waals surface area contributed by atoms with Crippen molar-refractivity contribution >= 4 is 17.5 Å². The maximum absolute atomic E-state index is 13.7. The molecule has 2 N–H and O–H groups in total. The summed E-state index contributed by atoms with van der Waals surface area (Å²) < 4.78 is 26.6. The number of nitrogens with zero attached hydrogens (tertiary/aromatic N) is 2. The monoisotopic (exact) mass is 332 g/mol. The van der Waals surface area contributed by atoms with Gasteiger partial charge in [0.1, 0.15) is 17.3 Å². The predicted molar refractivity (Wildman–Crippen MR) is 86.0 cm³/mol. The summed E-state index contributed by atoms with van der Waals surface area (Å²) in [4.78, 5) is 20.3. The molecule has 1 aliphatic rings. The maximum Gasteiger partial charge on any atom is 0.270 e. The quantitative estimate of drug-likeness (QED) is 0.898. The third-order valence-corrected chi connectivity index (χ3v) is 4.01. The second-order valence-electron chi connectivity index (χ2n) is 5.82. The second-order valence-corrected chi connectivity index (χ2v) is 5.82. The van der Waals surface area contributed by atoms with E-state index in [1.54, 1.807) is 0 Å². The van der Waals surface area contributed by atoms with Crippen molar-refractivity contribution in [1.82, 2.24) is 15.3 Å². The molecule has 0 spiro atoms. The van der Waals surface area contributed by atoms with E-state index in [9.17, 15) is 13.6 Å². The first kappa shape index (κ1) is 16.3. The first-order valence-electron chi connectivity index (χ1n) is 7.98. The van der Waals surface area contributed by atoms with E-state index in [0.717, 1.165) is 37.8 Å². The van der Waals surface area contributed by atoms with Crippen LogP contribution in [-0.4, -0.2) is 21.9 Å². The van der Waals surface area contributed by atoms with E-state index in [2.05, 4.69) is 20.6 Å². The van der Waals surface area contributed by atoms with Crippen LogP contribution in [0.25, 0.3) is 0 Å². The SMILES string of the molecule is O=C(NC1CCCCC1)c1ccnc(Nc2ccc(F)cc2F)n1. The number of nitrogens with one attached hydrogen (secondary N) is 2. The van der Waals surface area contributed by atoms with Crippen molar-refractivity contribution < 1.29 is 13.6 Å². The summed E-state index contributed by atoms with van der Waals surface area (Å²) in [7, 11) is 0. The number of rotatable bonds is 4. The highest BCUT2D eigenvalue weighted by atomic mass is 19.1. The molecule has 1 heterocycles. The van der Waals surface area contributed by atoms with Crippen molar-refractivity contribution in [1.29, 1.82) is 0 Å². The Hall–Kier alpha value is -2.57. The van der Waals surface area contributed by atoms with Gasteiger partial charge in [0, 0.05) is 18.3 Å². The maximum atomic E-state index is 13.7. The topological polar surface area (TPSA) is 66.9 Å². The molecular formula is C17H18F2N4O. The van der Waals surface area contributed by atoms with E-state index in [1.165, 1.54) is 24.8 Å². The normalized spacial score (nSPS) is 15.1. The lowest BCUT2D eigenvalue weighted by Gasteiger charge is -2.22. The van der Waals surface area contributed by atoms with Gasteiger partial charge in [-0.25, -0.2) is 18.7 Å². The lowest BCUT2D eigenvalue weighted by molar-refractivity contribution is 0.0922. The van der Waals surface area contributed by atoms with Crippen molar-refractivity contribution in [2.45, 2.75) is 38.1 Å². The van der Waals surface area contributed by atoms with Gasteiger partial charge in [-0.1, -0.05) is 19.3 Å². The predicted octanol–water partition coefficient (Wildman–Crippen LogP) is 3.56. The largest absolute Gasteiger partial charge is 0.348 e. The molecule has 1 aromatic carbocycles. The molecule has 0 aliphatic heterocycles. The second kappa shape index (κ2) is 7.33. The fraction of sp³-hybridized carbons (Fsp3) is 0.353. The van der Waals surface area contributed by atoms with Gasteiger partial charge in [0.2, 0.25) is 5.95 Å². The van der Waals surface area contributed by atoms with E-state index in [4.69, 9.17) is 0 Å². The molecular weight excluding hydrogens is 314 g/mol. The number of amides is 1. The zero-order chi connectivity index (χ0) is 16.9. The average Bonchev–Trinajstić information content (AvgIpc) is 2.59. The van der Waals surface area contributed by atoms with Gasteiger partial charge in [-0.15, -0.1) is 0 Å². The Bertz CT molecular complexity index is 732. The van der Waals surface area contributed by atoms with Crippen molar-refractivity contribution in [3.05, 3.63) is 47.8 Å². The van der Waals surface area contributed by atoms with Gasteiger partial charge in [0.15, 0.2) is 0 Å². The van der Waals surface area contributed by atoms with Gasteiger partial charge in [-0.2, -0.15) is 0 Å². The van der Waals surface area contributed by atoms with E-state index in [0.29, 0.717) is 0 Å². The van der Waals surface area contributed by atoms with Crippen LogP contribution in [0.5, 0.6) is 0 Å². The van der Waals surface area contributed by atoms with Crippen molar-refractivity contribution in [3.8, 4) is 0 Å². The summed E-state index contributed by atoms with van der Waals surface area (Å²) in [5.74, 6) is -1.61. The first-order valence-corrected chi connectivity index (χ1v) is 7.98. The van der Waals surface area contributed by atoms with Gasteiger partial charge in [-0.3, -0.25) is 4.79 Å². The Morgan fingerprint density at radius 2 is 1.92 bits per heavy atom. The van der Waals surface area contributed by atoms with Crippen LogP contribution >= 0.6 is 0 Å². The van der Waals surface area contributed by atoms with Crippen LogP contribution in [0.2, 0.25) is 0 Å². The highest BCUT2D eigenvalue weighted by Crippen LogP contribution is 2.19. The fourth-order valence-corrected chi connectivity index (χ4v) is 2.76. The fourth-order valence-electron chi connectivity index (χ4n) is 2.76. The molecule has 2 aromatic rings. The van der Waals surface area contributed by atoms with Crippen LogP contribution in [-0.2, 0) is 0 Å². The molecule has 5 nitrogen and oxygen atoms in total. The number of halogens is 2. The molecule has 126 valence electrons. The lowest BCUT2D eigenvalue weighted by Crippen LogP contribution is -2.36. The molecule has 1 saturated carbocycles. The first-order chi connectivity index (χ1) is 11.6. The number of anilines is 2. The van der Waals surface area contributed by atoms with Gasteiger partial charge in [-0.05, 0) is 31.0 Å². The summed E-state index contributed by atoms with van der Waals surface area (Å²) in [6.07, 6.45) is 6.81. The molecule has 24 heavy (non-hydrogen) atoms. The Labute approximate surface area is 138 Å². The lowest BCUT2D eigenvalue weighted by atomic mass is 9.95. The summed E-state index contributed by atoms with van der Waals surface area (Å²) in [6.45, 7) is 0. The summed E-state index contributed by atoms with van der Waals surface area (Å²) in [6, 6.07) is 4.83. The van der Waals surface area contributed by atoms with Crippen LogP contribution in [0.4, 0.5) is 20.4 Å². The number of hydrogen-bond acceptors (Lipinski definition) is 4. The Morgan fingerprint density at radius 1 is 1.12 bits per heavy atom. The number of benzene rings is 1. The van der Waals surface area contributed by atoms with E-state index >= 15 is 0 Å². The van der Waals surface area contributed by atoms with Crippen molar-refractivity contribution in [2.75, 3.05) is 5.32 Å². The molecule has 0 saturated heterocycles. The Balaban J connectivity index is 1.70. The molecule has 1 amide bonds. The van der Waals surface area contributed by atoms with Gasteiger partial charge in [0.05, 0.1) is 5.69 Å². The zero-order valence-corrected chi connectivity index (χ0v) is 13.1. The van der Waals surface area contributed by atoms with Gasteiger partial charge in [0.25, 0.3) is 5.91 Å². The number of carbonyl (C=O) groups excluding carboxylic acids is 1. The highest BCUT2D eigenvalue weighted by Gasteiger charge is 2.18. The summed E-state index contributed by atoms with van der Waals surface area (Å²) in [5.41, 5.74) is 0.252. The third kappa shape index (κ3) is 4.04. The molecule has 1 aliphatic carbocycles. The van der Waals surface area contributed by atoms with E-state index in [1.807, 2.05) is 0 Å². The minimum Gasteiger partial charge on any atom is -0.348 e. The van der Waals surface area contributed by atoms with Crippen LogP contribution in [0.1, 0.15) is 42.6 Å². The number of hydrogen-bond donors (Lipinski definition) is 2. The summed E-state index contributed by atoms with van der Waals surface area (Å²) >= 11 is 0. The minimum absolute atomic E-state index is 0.0428. The van der Waals surface area contributed by atoms with Gasteiger partial charge >= 0.3 is 0 Å². The molecule has 7 heteroatoms. The molecule has 0 unspecified atom stereocenters. The van der Waals surface area contributed by atoms with Crippen LogP contribution in [0.3, 0.4) is 0 Å². The average molecular weight is 332 g/mol. The van der Waals surface area contributed by atoms with E-state index < -0.39 is 11.6 Å². The molecule has 3 rings (SSSR count). The van der Waals surface area contributed by atoms with Crippen LogP contribution in [0.15, 0.2) is 30.5 Å². The summed E-state index contributed by atoms with van der Waals surface area (Å²) in [5, 5.41) is 5.62. The minimum atomic E-state index is -0.754. The van der Waals surface area contributed by atoms with Gasteiger partial charge < -0.3 is 10.6 Å². The number of carbonyl (C=O) groups is 1. The van der Waals surface area contributed by atoms with Crippen LogP contribution < -0.4 is 10.6 Å². The highest BCUT2D eigenvalue weighted by molar-refractivity contribution is 5.92. The molecule has 1 fully saturated rings. The zero-order valence-electron chi connectivity index (χ0n) is 13.1. The Morgan fingerprint density at radius 3 is 2.67 bits per heavy atom. The molecule has 1 aromatic heterocycles. The molecule has 0 bridgehead atoms. The third-order valence-electron chi connectivity index (χ3n) is 4.01.